The lowest BCUT2D eigenvalue weighted by atomic mass is 10.0. The van der Waals surface area contributed by atoms with E-state index >= 15 is 0 Å². The molecule has 1 fully saturated rings. The van der Waals surface area contributed by atoms with Crippen LogP contribution in [0, 0.1) is 6.92 Å². The second kappa shape index (κ2) is 6.73. The van der Waals surface area contributed by atoms with E-state index in [1.54, 1.807) is 37.4 Å². The summed E-state index contributed by atoms with van der Waals surface area (Å²) in [7, 11) is 1.56. The van der Waals surface area contributed by atoms with Crippen molar-refractivity contribution in [2.45, 2.75) is 6.92 Å². The highest BCUT2D eigenvalue weighted by Crippen LogP contribution is 2.36. The lowest BCUT2D eigenvalue weighted by Gasteiger charge is -2.26. The summed E-state index contributed by atoms with van der Waals surface area (Å²) in [4.78, 5) is 38.5. The van der Waals surface area contributed by atoms with E-state index < -0.39 is 17.8 Å². The number of carbonyl (C=O) groups is 3. The highest BCUT2D eigenvalue weighted by molar-refractivity contribution is 6.39. The van der Waals surface area contributed by atoms with Crippen molar-refractivity contribution in [3.63, 3.8) is 0 Å². The van der Waals surface area contributed by atoms with Crippen LogP contribution in [-0.4, -0.2) is 31.7 Å². The summed E-state index contributed by atoms with van der Waals surface area (Å²) in [6.07, 6.45) is 1.46. The van der Waals surface area contributed by atoms with Gasteiger partial charge in [0.15, 0.2) is 11.5 Å². The third-order valence-corrected chi connectivity index (χ3v) is 4.49. The molecule has 0 atom stereocenters. The van der Waals surface area contributed by atoms with Gasteiger partial charge in [0, 0.05) is 6.07 Å². The summed E-state index contributed by atoms with van der Waals surface area (Å²) >= 11 is 0. The first-order valence-corrected chi connectivity index (χ1v) is 8.43. The molecule has 0 aliphatic carbocycles. The lowest BCUT2D eigenvalue weighted by Crippen LogP contribution is -2.54. The number of urea groups is 1. The van der Waals surface area contributed by atoms with Gasteiger partial charge in [-0.15, -0.1) is 0 Å². The van der Waals surface area contributed by atoms with E-state index in [0.717, 1.165) is 10.5 Å². The monoisotopic (exact) mass is 380 g/mol. The summed E-state index contributed by atoms with van der Waals surface area (Å²) < 4.78 is 15.7. The summed E-state index contributed by atoms with van der Waals surface area (Å²) in [6, 6.07) is 9.11. The smallest absolute Gasteiger partial charge is 0.335 e. The van der Waals surface area contributed by atoms with Crippen LogP contribution >= 0.6 is 0 Å². The second-order valence-corrected chi connectivity index (χ2v) is 6.22. The fourth-order valence-electron chi connectivity index (χ4n) is 3.01. The maximum absolute atomic E-state index is 13.0. The van der Waals surface area contributed by atoms with Gasteiger partial charge in [0.05, 0.1) is 12.8 Å². The molecule has 0 aromatic heterocycles. The zero-order valence-electron chi connectivity index (χ0n) is 15.1. The van der Waals surface area contributed by atoms with Crippen LogP contribution in [0.1, 0.15) is 11.1 Å². The molecule has 2 aliphatic rings. The molecule has 0 saturated carbocycles. The molecular weight excluding hydrogens is 364 g/mol. The number of barbiturate groups is 1. The fraction of sp³-hybridized carbons (Fsp3) is 0.150. The largest absolute Gasteiger partial charge is 0.497 e. The third-order valence-electron chi connectivity index (χ3n) is 4.49. The van der Waals surface area contributed by atoms with E-state index in [4.69, 9.17) is 14.2 Å². The van der Waals surface area contributed by atoms with E-state index in [-0.39, 0.29) is 18.1 Å². The Morgan fingerprint density at radius 1 is 1.07 bits per heavy atom. The molecule has 0 spiro atoms. The van der Waals surface area contributed by atoms with E-state index in [2.05, 4.69) is 5.32 Å². The first kappa shape index (κ1) is 17.6. The first-order chi connectivity index (χ1) is 13.5. The van der Waals surface area contributed by atoms with Crippen LogP contribution in [0.2, 0.25) is 0 Å². The van der Waals surface area contributed by atoms with Crippen LogP contribution < -0.4 is 24.4 Å². The van der Waals surface area contributed by atoms with E-state index in [1.807, 2.05) is 6.92 Å². The van der Waals surface area contributed by atoms with Crippen molar-refractivity contribution in [1.29, 1.82) is 0 Å². The van der Waals surface area contributed by atoms with Crippen LogP contribution in [0.5, 0.6) is 17.2 Å². The number of nitrogens with one attached hydrogen (secondary N) is 1. The number of rotatable bonds is 3. The van der Waals surface area contributed by atoms with Crippen LogP contribution in [0.25, 0.3) is 6.08 Å². The highest BCUT2D eigenvalue weighted by Gasteiger charge is 2.37. The Hall–Kier alpha value is -3.81. The predicted molar refractivity (Wildman–Crippen MR) is 99.3 cm³/mol. The minimum absolute atomic E-state index is 0.0688. The molecule has 2 aliphatic heterocycles. The van der Waals surface area contributed by atoms with Crippen LogP contribution in [0.15, 0.2) is 42.0 Å². The topological polar surface area (TPSA) is 94.2 Å². The number of hydrogen-bond acceptors (Lipinski definition) is 6. The van der Waals surface area contributed by atoms with Gasteiger partial charge in [-0.05, 0) is 48.4 Å². The van der Waals surface area contributed by atoms with Gasteiger partial charge in [-0.3, -0.25) is 14.9 Å². The number of hydrogen-bond donors (Lipinski definition) is 1. The van der Waals surface area contributed by atoms with Crippen molar-refractivity contribution >= 4 is 29.6 Å². The van der Waals surface area contributed by atoms with Crippen molar-refractivity contribution in [3.05, 3.63) is 53.1 Å². The number of benzene rings is 2. The van der Waals surface area contributed by atoms with Gasteiger partial charge in [0.25, 0.3) is 11.8 Å². The van der Waals surface area contributed by atoms with E-state index in [1.165, 1.54) is 12.1 Å². The number of fused-ring (bicyclic) bond motifs is 1. The number of carbonyl (C=O) groups excluding carboxylic acids is 3. The fourth-order valence-corrected chi connectivity index (χ4v) is 3.01. The number of anilines is 1. The van der Waals surface area contributed by atoms with Crippen molar-refractivity contribution < 1.29 is 28.6 Å². The Morgan fingerprint density at radius 2 is 1.86 bits per heavy atom. The Labute approximate surface area is 160 Å². The quantitative estimate of drug-likeness (QED) is 0.649. The Kier molecular flexibility index (Phi) is 4.23. The molecule has 8 heteroatoms. The lowest BCUT2D eigenvalue weighted by molar-refractivity contribution is -0.122. The SMILES string of the molecule is COc1ccc(/C=C2\C(=O)NC(=O)N(c3ccc4c(c3)OCO4)C2=O)c(C)c1. The molecule has 1 saturated heterocycles. The molecule has 1 N–H and O–H groups in total. The highest BCUT2D eigenvalue weighted by atomic mass is 16.7. The van der Waals surface area contributed by atoms with Gasteiger partial charge in [-0.1, -0.05) is 6.07 Å². The van der Waals surface area contributed by atoms with Gasteiger partial charge >= 0.3 is 6.03 Å². The predicted octanol–water partition coefficient (Wildman–Crippen LogP) is 2.40. The van der Waals surface area contributed by atoms with Gasteiger partial charge < -0.3 is 14.2 Å². The van der Waals surface area contributed by atoms with Crippen molar-refractivity contribution in [2.24, 2.45) is 0 Å². The zero-order valence-corrected chi connectivity index (χ0v) is 15.1. The van der Waals surface area contributed by atoms with Gasteiger partial charge in [0.2, 0.25) is 6.79 Å². The van der Waals surface area contributed by atoms with Crippen molar-refractivity contribution in [1.82, 2.24) is 5.32 Å². The summed E-state index contributed by atoms with van der Waals surface area (Å²) in [6.45, 7) is 1.90. The number of aryl methyl sites for hydroxylation is 1. The third kappa shape index (κ3) is 2.94. The molecule has 0 bridgehead atoms. The molecule has 142 valence electrons. The molecule has 2 aromatic rings. The molecule has 2 heterocycles. The average Bonchev–Trinajstić information content (AvgIpc) is 3.14. The number of methoxy groups -OCH3 is 1. The summed E-state index contributed by atoms with van der Waals surface area (Å²) in [5.41, 5.74) is 1.61. The maximum atomic E-state index is 13.0. The minimum atomic E-state index is -0.822. The molecule has 8 nitrogen and oxygen atoms in total. The summed E-state index contributed by atoms with van der Waals surface area (Å²) in [5.74, 6) is 0.141. The Balaban J connectivity index is 1.72. The molecule has 28 heavy (non-hydrogen) atoms. The molecule has 2 aromatic carbocycles. The normalized spacial score (nSPS) is 17.1. The van der Waals surface area contributed by atoms with Gasteiger partial charge in [0.1, 0.15) is 11.3 Å². The molecule has 0 radical (unpaired) electrons. The maximum Gasteiger partial charge on any atom is 0.335 e. The zero-order chi connectivity index (χ0) is 19.8. The summed E-state index contributed by atoms with van der Waals surface area (Å²) in [5, 5.41) is 2.20. The average molecular weight is 380 g/mol. The Morgan fingerprint density at radius 3 is 2.61 bits per heavy atom. The molecular formula is C20H16N2O6. The second-order valence-electron chi connectivity index (χ2n) is 6.22. The Bertz CT molecular complexity index is 1040. The molecule has 4 rings (SSSR count). The molecule has 4 amide bonds. The molecule has 0 unspecified atom stereocenters. The van der Waals surface area contributed by atoms with Gasteiger partial charge in [-0.2, -0.15) is 0 Å². The van der Waals surface area contributed by atoms with Crippen LogP contribution in [0.3, 0.4) is 0 Å². The van der Waals surface area contributed by atoms with Crippen LogP contribution in [-0.2, 0) is 9.59 Å². The number of imide groups is 2. The van der Waals surface area contributed by atoms with Crippen LogP contribution in [0.4, 0.5) is 10.5 Å². The van der Waals surface area contributed by atoms with Crippen molar-refractivity contribution in [3.8, 4) is 17.2 Å². The minimum Gasteiger partial charge on any atom is -0.497 e. The number of amides is 4. The van der Waals surface area contributed by atoms with E-state index in [0.29, 0.717) is 22.8 Å². The first-order valence-electron chi connectivity index (χ1n) is 8.43. The van der Waals surface area contributed by atoms with Crippen molar-refractivity contribution in [2.75, 3.05) is 18.8 Å². The number of ether oxygens (including phenoxy) is 3. The number of nitrogens with zero attached hydrogens (tertiary/aromatic N) is 1. The van der Waals surface area contributed by atoms with E-state index in [9.17, 15) is 14.4 Å². The standard InChI is InChI=1S/C20H16N2O6/c1-11-7-14(26-2)5-3-12(11)8-15-18(23)21-20(25)22(19(15)24)13-4-6-16-17(9-13)28-10-27-16/h3-9H,10H2,1-2H3,(H,21,23,25)/b15-8+. The van der Waals surface area contributed by atoms with Gasteiger partial charge in [-0.25, -0.2) is 9.69 Å².